The molecule has 0 atom stereocenters. The molecule has 0 aliphatic carbocycles. The molecule has 0 heterocycles. The molecule has 0 radical (unpaired) electrons. The van der Waals surface area contributed by atoms with Crippen molar-refractivity contribution in [1.29, 1.82) is 0 Å². The van der Waals surface area contributed by atoms with Crippen molar-refractivity contribution >= 4 is 36.4 Å². The third kappa shape index (κ3) is 10.4. The molecule has 0 saturated heterocycles. The van der Waals surface area contributed by atoms with Crippen molar-refractivity contribution in [2.75, 3.05) is 25.0 Å². The van der Waals surface area contributed by atoms with Gasteiger partial charge in [0.2, 0.25) is 5.91 Å². The number of carbonyl (C=O) groups excluding carboxylic acids is 1. The van der Waals surface area contributed by atoms with E-state index in [9.17, 15) is 4.79 Å². The average molecular weight is 414 g/mol. The highest BCUT2D eigenvalue weighted by Gasteiger charge is 2.09. The number of nitrogens with zero attached hydrogens (tertiary/aromatic N) is 1. The first kappa shape index (κ1) is 27.6. The molecule has 0 fully saturated rings. The minimum absolute atomic E-state index is 0. The zero-order chi connectivity index (χ0) is 18.7. The second-order valence-electron chi connectivity index (χ2n) is 5.97. The average Bonchev–Trinajstić information content (AvgIpc) is 2.64. The lowest BCUT2D eigenvalue weighted by atomic mass is 10.1. The Balaban J connectivity index is 0. The topological polar surface area (TPSA) is 58.4 Å². The normalized spacial score (nSPS) is 9.41. The van der Waals surface area contributed by atoms with Crippen molar-refractivity contribution in [2.45, 2.75) is 34.2 Å². The number of benzene rings is 2. The van der Waals surface area contributed by atoms with Crippen LogP contribution in [-0.4, -0.2) is 30.4 Å². The van der Waals surface area contributed by atoms with Crippen LogP contribution in [0.5, 0.6) is 0 Å². The largest absolute Gasteiger partial charge is 0.326 e. The van der Waals surface area contributed by atoms with E-state index in [0.29, 0.717) is 13.1 Å². The van der Waals surface area contributed by atoms with E-state index >= 15 is 0 Å². The molecule has 2 rings (SSSR count). The van der Waals surface area contributed by atoms with E-state index in [4.69, 9.17) is 5.73 Å². The Morgan fingerprint density at radius 3 is 1.85 bits per heavy atom. The lowest BCUT2D eigenvalue weighted by Gasteiger charge is -2.18. The zero-order valence-corrected chi connectivity index (χ0v) is 18.3. The number of aryl methyl sites for hydroxylation is 2. The van der Waals surface area contributed by atoms with Crippen molar-refractivity contribution in [3.05, 3.63) is 65.2 Å². The molecule has 1 amide bonds. The lowest BCUT2D eigenvalue weighted by Crippen LogP contribution is -2.33. The highest BCUT2D eigenvalue weighted by Crippen LogP contribution is 2.19. The molecular formula is C21H33Cl2N3O. The summed E-state index contributed by atoms with van der Waals surface area (Å²) in [5, 5.41) is 3.00. The Hall–Kier alpha value is -1.59. The minimum Gasteiger partial charge on any atom is -0.326 e. The third-order valence-electron chi connectivity index (χ3n) is 4.09. The fourth-order valence-corrected chi connectivity index (χ4v) is 2.45. The molecule has 0 spiro atoms. The number of para-hydroxylation sites is 1. The van der Waals surface area contributed by atoms with E-state index in [0.717, 1.165) is 29.9 Å². The van der Waals surface area contributed by atoms with Gasteiger partial charge in [-0.15, -0.1) is 24.8 Å². The van der Waals surface area contributed by atoms with Crippen LogP contribution in [0.2, 0.25) is 0 Å². The Labute approximate surface area is 176 Å². The highest BCUT2D eigenvalue weighted by atomic mass is 35.5. The van der Waals surface area contributed by atoms with Crippen LogP contribution in [0.4, 0.5) is 5.69 Å². The highest BCUT2D eigenvalue weighted by molar-refractivity contribution is 5.93. The number of nitrogens with one attached hydrogen (secondary N) is 1. The summed E-state index contributed by atoms with van der Waals surface area (Å²) >= 11 is 0. The fourth-order valence-electron chi connectivity index (χ4n) is 2.45. The van der Waals surface area contributed by atoms with Crippen molar-refractivity contribution in [2.24, 2.45) is 5.73 Å². The molecule has 2 aromatic carbocycles. The maximum atomic E-state index is 11.9. The first-order valence-corrected chi connectivity index (χ1v) is 8.84. The summed E-state index contributed by atoms with van der Waals surface area (Å²) in [7, 11) is 0. The number of nitrogens with two attached hydrogens (primary N) is 1. The number of halogens is 2. The van der Waals surface area contributed by atoms with E-state index in [2.05, 4.69) is 24.1 Å². The van der Waals surface area contributed by atoms with Gasteiger partial charge in [-0.25, -0.2) is 0 Å². The van der Waals surface area contributed by atoms with Crippen LogP contribution in [0, 0.1) is 13.8 Å². The van der Waals surface area contributed by atoms with Crippen LogP contribution < -0.4 is 11.1 Å². The van der Waals surface area contributed by atoms with Gasteiger partial charge in [0.25, 0.3) is 0 Å². The summed E-state index contributed by atoms with van der Waals surface area (Å²) in [4.78, 5) is 14.0. The minimum atomic E-state index is 0. The summed E-state index contributed by atoms with van der Waals surface area (Å²) in [5.74, 6) is 0.0612. The predicted octanol–water partition coefficient (Wildman–Crippen LogP) is 4.57. The monoisotopic (exact) mass is 413 g/mol. The van der Waals surface area contributed by atoms with E-state index in [1.54, 1.807) is 0 Å². The number of likely N-dealkylation sites (N-methyl/N-ethyl adjacent to an activating group) is 1. The number of anilines is 1. The van der Waals surface area contributed by atoms with Crippen molar-refractivity contribution in [1.82, 2.24) is 4.90 Å². The SMILES string of the molecule is CCN(CC)CC(=O)Nc1c(C)cccc1C.Cl.Cl.NCc1ccccc1. The summed E-state index contributed by atoms with van der Waals surface area (Å²) in [6.45, 7) is 11.1. The number of hydrogen-bond acceptors (Lipinski definition) is 3. The number of rotatable bonds is 6. The Morgan fingerprint density at radius 2 is 1.44 bits per heavy atom. The van der Waals surface area contributed by atoms with Crippen LogP contribution in [0.25, 0.3) is 0 Å². The first-order valence-electron chi connectivity index (χ1n) is 8.84. The van der Waals surface area contributed by atoms with Gasteiger partial charge in [-0.05, 0) is 43.6 Å². The van der Waals surface area contributed by atoms with E-state index in [1.807, 2.05) is 62.4 Å². The smallest absolute Gasteiger partial charge is 0.238 e. The first-order chi connectivity index (χ1) is 12.0. The van der Waals surface area contributed by atoms with E-state index in [-0.39, 0.29) is 30.7 Å². The van der Waals surface area contributed by atoms with Gasteiger partial charge in [0.05, 0.1) is 6.54 Å². The molecule has 0 aliphatic heterocycles. The molecule has 3 N–H and O–H groups in total. The summed E-state index contributed by atoms with van der Waals surface area (Å²) in [6.07, 6.45) is 0. The van der Waals surface area contributed by atoms with Crippen molar-refractivity contribution < 1.29 is 4.79 Å². The Morgan fingerprint density at radius 1 is 0.926 bits per heavy atom. The molecular weight excluding hydrogens is 381 g/mol. The molecule has 4 nitrogen and oxygen atoms in total. The van der Waals surface area contributed by atoms with Crippen molar-refractivity contribution in [3.8, 4) is 0 Å². The molecule has 0 bridgehead atoms. The summed E-state index contributed by atoms with van der Waals surface area (Å²) in [5.41, 5.74) is 9.70. The Bertz CT molecular complexity index is 627. The molecule has 6 heteroatoms. The second kappa shape index (κ2) is 15.5. The predicted molar refractivity (Wildman–Crippen MR) is 121 cm³/mol. The molecule has 27 heavy (non-hydrogen) atoms. The van der Waals surface area contributed by atoms with Gasteiger partial charge in [-0.3, -0.25) is 9.69 Å². The molecule has 0 saturated carbocycles. The maximum Gasteiger partial charge on any atom is 0.238 e. The van der Waals surface area contributed by atoms with E-state index in [1.165, 1.54) is 5.56 Å². The van der Waals surface area contributed by atoms with Gasteiger partial charge >= 0.3 is 0 Å². The number of amides is 1. The van der Waals surface area contributed by atoms with Crippen LogP contribution >= 0.6 is 24.8 Å². The van der Waals surface area contributed by atoms with Crippen LogP contribution in [0.1, 0.15) is 30.5 Å². The fraction of sp³-hybridized carbons (Fsp3) is 0.381. The van der Waals surface area contributed by atoms with Crippen LogP contribution in [0.3, 0.4) is 0 Å². The molecule has 152 valence electrons. The number of carbonyl (C=O) groups is 1. The quantitative estimate of drug-likeness (QED) is 0.728. The van der Waals surface area contributed by atoms with Gasteiger partial charge < -0.3 is 11.1 Å². The van der Waals surface area contributed by atoms with Gasteiger partial charge in [0, 0.05) is 12.2 Å². The van der Waals surface area contributed by atoms with Gasteiger partial charge in [-0.1, -0.05) is 62.4 Å². The molecule has 0 unspecified atom stereocenters. The van der Waals surface area contributed by atoms with Gasteiger partial charge in [-0.2, -0.15) is 0 Å². The summed E-state index contributed by atoms with van der Waals surface area (Å²) in [6, 6.07) is 16.0. The standard InChI is InChI=1S/C14H22N2O.C7H9N.2ClH/c1-5-16(6-2)10-13(17)15-14-11(3)8-7-9-12(14)4;8-6-7-4-2-1-3-5-7;;/h7-9H,5-6,10H2,1-4H3,(H,15,17);1-5H,6,8H2;2*1H. The van der Waals surface area contributed by atoms with Gasteiger partial charge in [0.1, 0.15) is 0 Å². The molecule has 0 aliphatic rings. The Kier molecular flexibility index (Phi) is 15.8. The third-order valence-corrected chi connectivity index (χ3v) is 4.09. The molecule has 0 aromatic heterocycles. The van der Waals surface area contributed by atoms with E-state index < -0.39 is 0 Å². The van der Waals surface area contributed by atoms with Crippen molar-refractivity contribution in [3.63, 3.8) is 0 Å². The zero-order valence-electron chi connectivity index (χ0n) is 16.7. The van der Waals surface area contributed by atoms with Crippen LogP contribution in [0.15, 0.2) is 48.5 Å². The second-order valence-corrected chi connectivity index (χ2v) is 5.97. The van der Waals surface area contributed by atoms with Gasteiger partial charge in [0.15, 0.2) is 0 Å². The lowest BCUT2D eigenvalue weighted by molar-refractivity contribution is -0.117. The number of hydrogen-bond donors (Lipinski definition) is 2. The van der Waals surface area contributed by atoms with Crippen LogP contribution in [-0.2, 0) is 11.3 Å². The maximum absolute atomic E-state index is 11.9. The molecule has 2 aromatic rings. The summed E-state index contributed by atoms with van der Waals surface area (Å²) < 4.78 is 0.